The summed E-state index contributed by atoms with van der Waals surface area (Å²) in [7, 11) is 0. The molecule has 5 nitrogen and oxygen atoms in total. The first kappa shape index (κ1) is 17.2. The fourth-order valence-corrected chi connectivity index (χ4v) is 5.34. The van der Waals surface area contributed by atoms with E-state index in [0.29, 0.717) is 12.0 Å². The monoisotopic (exact) mass is 370 g/mol. The number of piperidine rings is 1. The van der Waals surface area contributed by atoms with Crippen LogP contribution in [0.15, 0.2) is 6.07 Å². The molecule has 0 spiro atoms. The predicted octanol–water partition coefficient (Wildman–Crippen LogP) is 3.78. The molecule has 0 atom stereocenters. The van der Waals surface area contributed by atoms with E-state index in [-0.39, 0.29) is 6.03 Å². The van der Waals surface area contributed by atoms with Crippen LogP contribution < -0.4 is 14.8 Å². The van der Waals surface area contributed by atoms with Crippen LogP contribution in [0.2, 0.25) is 0 Å². The second-order valence-electron chi connectivity index (χ2n) is 8.50. The van der Waals surface area contributed by atoms with Crippen LogP contribution in [0.3, 0.4) is 0 Å². The molecule has 5 heteroatoms. The number of nitrogens with one attached hydrogen (secondary N) is 1. The Kier molecular flexibility index (Phi) is 4.62. The molecular weight excluding hydrogens is 340 g/mol. The van der Waals surface area contributed by atoms with Crippen LogP contribution in [0.1, 0.15) is 67.6 Å². The van der Waals surface area contributed by atoms with E-state index in [1.165, 1.54) is 36.0 Å². The van der Waals surface area contributed by atoms with Crippen molar-refractivity contribution in [1.82, 2.24) is 10.2 Å². The van der Waals surface area contributed by atoms with E-state index in [9.17, 15) is 4.79 Å². The lowest BCUT2D eigenvalue weighted by Crippen LogP contribution is -2.48. The normalized spacial score (nSPS) is 22.7. The fraction of sp³-hybridized carbons (Fsp3) is 0.682. The minimum Gasteiger partial charge on any atom is -0.493 e. The van der Waals surface area contributed by atoms with Gasteiger partial charge in [-0.1, -0.05) is 19.3 Å². The average Bonchev–Trinajstić information content (AvgIpc) is 3.36. The van der Waals surface area contributed by atoms with Gasteiger partial charge in [0.1, 0.15) is 11.5 Å². The van der Waals surface area contributed by atoms with Crippen molar-refractivity contribution in [2.45, 2.75) is 69.7 Å². The molecule has 1 saturated heterocycles. The first-order chi connectivity index (χ1) is 13.3. The third-order valence-corrected chi connectivity index (χ3v) is 6.81. The van der Waals surface area contributed by atoms with E-state index >= 15 is 0 Å². The zero-order valence-electron chi connectivity index (χ0n) is 16.1. The van der Waals surface area contributed by atoms with Crippen molar-refractivity contribution in [2.24, 2.45) is 0 Å². The van der Waals surface area contributed by atoms with E-state index in [2.05, 4.69) is 11.4 Å². The molecule has 0 bridgehead atoms. The Labute approximate surface area is 161 Å². The summed E-state index contributed by atoms with van der Waals surface area (Å²) in [5, 5.41) is 3.27. The van der Waals surface area contributed by atoms with Gasteiger partial charge in [-0.05, 0) is 37.7 Å². The Morgan fingerprint density at radius 1 is 1.00 bits per heavy atom. The zero-order chi connectivity index (χ0) is 18.2. The van der Waals surface area contributed by atoms with Crippen molar-refractivity contribution >= 4 is 6.03 Å². The summed E-state index contributed by atoms with van der Waals surface area (Å²) >= 11 is 0. The number of carbonyl (C=O) groups is 1. The van der Waals surface area contributed by atoms with Crippen LogP contribution in [-0.2, 0) is 12.8 Å². The molecule has 2 fully saturated rings. The van der Waals surface area contributed by atoms with Crippen LogP contribution in [0.4, 0.5) is 4.79 Å². The summed E-state index contributed by atoms with van der Waals surface area (Å²) in [5.74, 6) is 2.68. The Morgan fingerprint density at radius 2 is 1.78 bits per heavy atom. The van der Waals surface area contributed by atoms with Crippen LogP contribution in [-0.4, -0.2) is 43.3 Å². The lowest BCUT2D eigenvalue weighted by atomic mass is 9.84. The number of fused-ring (bicyclic) bond motifs is 2. The molecule has 1 aromatic carbocycles. The quantitative estimate of drug-likeness (QED) is 0.862. The smallest absolute Gasteiger partial charge is 0.317 e. The lowest BCUT2D eigenvalue weighted by molar-refractivity contribution is 0.174. The van der Waals surface area contributed by atoms with Gasteiger partial charge >= 0.3 is 6.03 Å². The standard InChI is InChI=1S/C22H30N2O3/c25-22(23-17-4-2-1-3-5-17)24-10-6-15(7-11-24)20-18-9-13-26-19(18)14-16-8-12-27-21(16)20/h14-15,17H,1-13H2,(H,23,25). The summed E-state index contributed by atoms with van der Waals surface area (Å²) in [6.07, 6.45) is 10.1. The number of nitrogens with zero attached hydrogens (tertiary/aromatic N) is 1. The minimum atomic E-state index is 0.142. The number of hydrogen-bond donors (Lipinski definition) is 1. The van der Waals surface area contributed by atoms with Crippen LogP contribution in [0, 0.1) is 0 Å². The zero-order valence-corrected chi connectivity index (χ0v) is 16.1. The molecule has 0 aromatic heterocycles. The topological polar surface area (TPSA) is 50.8 Å². The lowest BCUT2D eigenvalue weighted by Gasteiger charge is -2.35. The molecule has 1 N–H and O–H groups in total. The molecule has 0 radical (unpaired) electrons. The first-order valence-corrected chi connectivity index (χ1v) is 10.8. The van der Waals surface area contributed by atoms with Gasteiger partial charge in [-0.3, -0.25) is 0 Å². The van der Waals surface area contributed by atoms with Gasteiger partial charge in [0.2, 0.25) is 0 Å². The molecule has 0 unspecified atom stereocenters. The molecule has 27 heavy (non-hydrogen) atoms. The number of ether oxygens (including phenoxy) is 2. The third kappa shape index (κ3) is 3.26. The number of likely N-dealkylation sites (tertiary alicyclic amines) is 1. The average molecular weight is 370 g/mol. The van der Waals surface area contributed by atoms with Crippen molar-refractivity contribution < 1.29 is 14.3 Å². The second kappa shape index (κ2) is 7.25. The summed E-state index contributed by atoms with van der Waals surface area (Å²) in [4.78, 5) is 14.7. The van der Waals surface area contributed by atoms with Crippen molar-refractivity contribution in [3.63, 3.8) is 0 Å². The number of amides is 2. The van der Waals surface area contributed by atoms with Gasteiger partial charge in [0, 0.05) is 48.7 Å². The Bertz CT molecular complexity index is 687. The van der Waals surface area contributed by atoms with Crippen molar-refractivity contribution in [2.75, 3.05) is 26.3 Å². The fourth-order valence-electron chi connectivity index (χ4n) is 5.34. The largest absolute Gasteiger partial charge is 0.493 e. The van der Waals surface area contributed by atoms with E-state index in [1.807, 2.05) is 4.90 Å². The van der Waals surface area contributed by atoms with Gasteiger partial charge in [0.15, 0.2) is 0 Å². The summed E-state index contributed by atoms with van der Waals surface area (Å²) < 4.78 is 11.9. The van der Waals surface area contributed by atoms with Gasteiger partial charge < -0.3 is 19.7 Å². The SMILES string of the molecule is O=C(NC1CCCCC1)N1CCC(c2c3c(cc4c2OCC4)OCC3)CC1. The van der Waals surface area contributed by atoms with Crippen molar-refractivity contribution in [3.05, 3.63) is 22.8 Å². The molecular formula is C22H30N2O3. The highest BCUT2D eigenvalue weighted by atomic mass is 16.5. The Balaban J connectivity index is 1.27. The van der Waals surface area contributed by atoms with E-state index in [4.69, 9.17) is 9.47 Å². The number of hydrogen-bond acceptors (Lipinski definition) is 3. The van der Waals surface area contributed by atoms with Crippen LogP contribution >= 0.6 is 0 Å². The van der Waals surface area contributed by atoms with E-state index < -0.39 is 0 Å². The summed E-state index contributed by atoms with van der Waals surface area (Å²) in [6, 6.07) is 2.72. The number of rotatable bonds is 2. The molecule has 1 aromatic rings. The third-order valence-electron chi connectivity index (χ3n) is 6.81. The van der Waals surface area contributed by atoms with Gasteiger partial charge in [0.05, 0.1) is 13.2 Å². The highest BCUT2D eigenvalue weighted by Crippen LogP contribution is 2.46. The molecule has 2 amide bonds. The highest BCUT2D eigenvalue weighted by molar-refractivity contribution is 5.74. The molecule has 3 heterocycles. The predicted molar refractivity (Wildman–Crippen MR) is 104 cm³/mol. The molecule has 5 rings (SSSR count). The first-order valence-electron chi connectivity index (χ1n) is 10.8. The van der Waals surface area contributed by atoms with E-state index in [1.54, 1.807) is 0 Å². The van der Waals surface area contributed by atoms with Gasteiger partial charge in [-0.25, -0.2) is 4.79 Å². The molecule has 1 saturated carbocycles. The second-order valence-corrected chi connectivity index (χ2v) is 8.50. The van der Waals surface area contributed by atoms with Gasteiger partial charge in [-0.15, -0.1) is 0 Å². The Hall–Kier alpha value is -1.91. The van der Waals surface area contributed by atoms with Crippen molar-refractivity contribution in [3.8, 4) is 11.5 Å². The number of carbonyl (C=O) groups excluding carboxylic acids is 1. The maximum Gasteiger partial charge on any atom is 0.317 e. The van der Waals surface area contributed by atoms with Crippen LogP contribution in [0.25, 0.3) is 0 Å². The summed E-state index contributed by atoms with van der Waals surface area (Å²) in [5.41, 5.74) is 4.06. The number of urea groups is 1. The molecule has 1 aliphatic carbocycles. The maximum atomic E-state index is 12.7. The van der Waals surface area contributed by atoms with E-state index in [0.717, 1.165) is 76.3 Å². The van der Waals surface area contributed by atoms with Gasteiger partial charge in [-0.2, -0.15) is 0 Å². The molecule has 3 aliphatic heterocycles. The van der Waals surface area contributed by atoms with Crippen LogP contribution in [0.5, 0.6) is 11.5 Å². The Morgan fingerprint density at radius 3 is 2.59 bits per heavy atom. The van der Waals surface area contributed by atoms with Crippen molar-refractivity contribution in [1.29, 1.82) is 0 Å². The molecule has 4 aliphatic rings. The summed E-state index contributed by atoms with van der Waals surface area (Å²) in [6.45, 7) is 3.24. The highest BCUT2D eigenvalue weighted by Gasteiger charge is 2.33. The molecule has 146 valence electrons. The van der Waals surface area contributed by atoms with Gasteiger partial charge in [0.25, 0.3) is 0 Å². The maximum absolute atomic E-state index is 12.7. The number of benzene rings is 1. The minimum absolute atomic E-state index is 0.142.